The summed E-state index contributed by atoms with van der Waals surface area (Å²) in [6.07, 6.45) is 7.05. The van der Waals surface area contributed by atoms with E-state index in [1.54, 1.807) is 11.1 Å². The van der Waals surface area contributed by atoms with Gasteiger partial charge >= 0.3 is 0 Å². The van der Waals surface area contributed by atoms with Crippen molar-refractivity contribution in [2.45, 2.75) is 37.5 Å². The predicted octanol–water partition coefficient (Wildman–Crippen LogP) is 15.0. The molecular weight excluding hydrogens is 687 g/mol. The summed E-state index contributed by atoms with van der Waals surface area (Å²) in [5, 5.41) is 2.53. The van der Waals surface area contributed by atoms with Gasteiger partial charge in [0.1, 0.15) is 0 Å². The zero-order valence-electron chi connectivity index (χ0n) is 32.2. The molecule has 8 aromatic carbocycles. The number of hydrogen-bond acceptors (Lipinski definition) is 1. The summed E-state index contributed by atoms with van der Waals surface area (Å²) in [6.45, 7) is 0. The first-order chi connectivity index (χ1) is 28.2. The van der Waals surface area contributed by atoms with Crippen LogP contribution in [0.2, 0.25) is 0 Å². The maximum atomic E-state index is 2.56. The number of hydrogen-bond donors (Lipinski definition) is 0. The lowest BCUT2D eigenvalue weighted by Gasteiger charge is -2.61. The Balaban J connectivity index is 1.05. The first-order valence-corrected chi connectivity index (χ1v) is 21.1. The van der Waals surface area contributed by atoms with Gasteiger partial charge in [0.15, 0.2) is 0 Å². The molecule has 8 aromatic rings. The van der Waals surface area contributed by atoms with E-state index in [2.05, 4.69) is 193 Å². The Labute approximate surface area is 336 Å². The van der Waals surface area contributed by atoms with Crippen LogP contribution in [0.15, 0.2) is 188 Å². The molecule has 0 aliphatic heterocycles. The van der Waals surface area contributed by atoms with E-state index in [1.165, 1.54) is 98.8 Å². The van der Waals surface area contributed by atoms with Crippen LogP contribution in [0.3, 0.4) is 0 Å². The average Bonchev–Trinajstić information content (AvgIpc) is 3.56. The van der Waals surface area contributed by atoms with E-state index < -0.39 is 0 Å². The van der Waals surface area contributed by atoms with E-state index in [-0.39, 0.29) is 5.41 Å². The first kappa shape index (κ1) is 33.0. The van der Waals surface area contributed by atoms with Crippen molar-refractivity contribution in [2.75, 3.05) is 4.90 Å². The fourth-order valence-corrected chi connectivity index (χ4v) is 12.3. The molecule has 1 spiro atoms. The molecule has 57 heavy (non-hydrogen) atoms. The van der Waals surface area contributed by atoms with Crippen molar-refractivity contribution in [1.29, 1.82) is 0 Å². The summed E-state index contributed by atoms with van der Waals surface area (Å²) >= 11 is 0. The van der Waals surface area contributed by atoms with Crippen LogP contribution in [0, 0.1) is 23.7 Å². The Hall–Kier alpha value is -6.18. The molecule has 0 aromatic heterocycles. The Morgan fingerprint density at radius 2 is 0.912 bits per heavy atom. The summed E-state index contributed by atoms with van der Waals surface area (Å²) < 4.78 is 0. The van der Waals surface area contributed by atoms with Crippen molar-refractivity contribution >= 4 is 27.8 Å². The van der Waals surface area contributed by atoms with Crippen LogP contribution >= 0.6 is 0 Å². The molecule has 4 fully saturated rings. The van der Waals surface area contributed by atoms with Crippen molar-refractivity contribution in [2.24, 2.45) is 23.7 Å². The summed E-state index contributed by atoms with van der Waals surface area (Å²) in [7, 11) is 0. The molecule has 0 atom stereocenters. The zero-order chi connectivity index (χ0) is 37.5. The average molecular weight is 732 g/mol. The van der Waals surface area contributed by atoms with Crippen molar-refractivity contribution in [3.8, 4) is 44.5 Å². The molecule has 1 heteroatoms. The predicted molar refractivity (Wildman–Crippen MR) is 238 cm³/mol. The zero-order valence-corrected chi connectivity index (χ0v) is 32.2. The van der Waals surface area contributed by atoms with E-state index in [4.69, 9.17) is 0 Å². The second-order valence-electron chi connectivity index (χ2n) is 17.4. The largest absolute Gasteiger partial charge is 0.310 e. The fourth-order valence-electron chi connectivity index (χ4n) is 12.3. The van der Waals surface area contributed by atoms with Crippen LogP contribution in [0.1, 0.15) is 43.2 Å². The number of rotatable bonds is 6. The number of benzene rings is 8. The lowest BCUT2D eigenvalue weighted by atomic mass is 9.43. The van der Waals surface area contributed by atoms with Crippen molar-refractivity contribution in [3.05, 3.63) is 199 Å². The van der Waals surface area contributed by atoms with E-state index in [1.807, 2.05) is 0 Å². The molecule has 0 heterocycles. The highest BCUT2D eigenvalue weighted by Gasteiger charge is 2.61. The minimum absolute atomic E-state index is 0.150. The van der Waals surface area contributed by atoms with Crippen LogP contribution in [-0.2, 0) is 5.41 Å². The molecule has 0 unspecified atom stereocenters. The van der Waals surface area contributed by atoms with Crippen LogP contribution in [0.5, 0.6) is 0 Å². The van der Waals surface area contributed by atoms with E-state index >= 15 is 0 Å². The topological polar surface area (TPSA) is 3.24 Å². The summed E-state index contributed by atoms with van der Waals surface area (Å²) in [5.74, 6) is 3.35. The minimum Gasteiger partial charge on any atom is -0.310 e. The summed E-state index contributed by atoms with van der Waals surface area (Å²) in [5.41, 5.74) is 17.1. The molecule has 0 amide bonds. The minimum atomic E-state index is 0.150. The Kier molecular flexibility index (Phi) is 7.49. The molecular formula is C56H45N. The molecule has 0 saturated heterocycles. The van der Waals surface area contributed by atoms with Gasteiger partial charge in [-0.05, 0) is 159 Å². The highest BCUT2D eigenvalue weighted by Crippen LogP contribution is 2.69. The van der Waals surface area contributed by atoms with Gasteiger partial charge in [0.25, 0.3) is 0 Å². The van der Waals surface area contributed by atoms with Gasteiger partial charge in [-0.25, -0.2) is 0 Å². The van der Waals surface area contributed by atoms with Crippen LogP contribution < -0.4 is 4.90 Å². The number of anilines is 3. The normalized spacial score (nSPS) is 22.5. The second-order valence-corrected chi connectivity index (χ2v) is 17.4. The fraction of sp³-hybridized carbons (Fsp3) is 0.179. The van der Waals surface area contributed by atoms with Crippen LogP contribution in [0.4, 0.5) is 17.1 Å². The Bertz CT molecular complexity index is 2770. The highest BCUT2D eigenvalue weighted by molar-refractivity contribution is 5.94. The molecule has 274 valence electrons. The van der Waals surface area contributed by atoms with Gasteiger partial charge in [-0.15, -0.1) is 0 Å². The SMILES string of the molecule is c1ccc(-c2ccc(N(c3ccc(-c4ccc5ccccc5c4)cc3)c3ccc4c(c3)-c3ccccc3C43C4CC5CC(C4)CC3C5)c(-c3ccccc3)c2)cc1. The van der Waals surface area contributed by atoms with Gasteiger partial charge in [-0.1, -0.05) is 146 Å². The maximum absolute atomic E-state index is 2.56. The van der Waals surface area contributed by atoms with E-state index in [0.717, 1.165) is 29.4 Å². The highest BCUT2D eigenvalue weighted by atomic mass is 15.1. The Morgan fingerprint density at radius 3 is 1.67 bits per heavy atom. The van der Waals surface area contributed by atoms with Gasteiger partial charge in [-0.3, -0.25) is 0 Å². The molecule has 0 radical (unpaired) electrons. The van der Waals surface area contributed by atoms with Gasteiger partial charge in [0, 0.05) is 22.4 Å². The van der Waals surface area contributed by atoms with E-state index in [9.17, 15) is 0 Å². The molecule has 4 bridgehead atoms. The first-order valence-electron chi connectivity index (χ1n) is 21.1. The molecule has 1 nitrogen and oxygen atoms in total. The van der Waals surface area contributed by atoms with Crippen molar-refractivity contribution < 1.29 is 0 Å². The van der Waals surface area contributed by atoms with Crippen molar-refractivity contribution in [3.63, 3.8) is 0 Å². The second kappa shape index (κ2) is 12.9. The molecule has 0 N–H and O–H groups in total. The summed E-state index contributed by atoms with van der Waals surface area (Å²) in [4.78, 5) is 2.52. The smallest absolute Gasteiger partial charge is 0.0540 e. The van der Waals surface area contributed by atoms with Gasteiger partial charge < -0.3 is 4.90 Å². The number of fused-ring (bicyclic) bond motifs is 4. The lowest BCUT2D eigenvalue weighted by Crippen LogP contribution is -2.55. The Morgan fingerprint density at radius 1 is 0.351 bits per heavy atom. The lowest BCUT2D eigenvalue weighted by molar-refractivity contribution is -0.0399. The summed E-state index contributed by atoms with van der Waals surface area (Å²) in [6, 6.07) is 70.5. The van der Waals surface area contributed by atoms with Gasteiger partial charge in [0.05, 0.1) is 5.69 Å². The molecule has 4 saturated carbocycles. The van der Waals surface area contributed by atoms with Crippen molar-refractivity contribution in [1.82, 2.24) is 0 Å². The third kappa shape index (κ3) is 5.14. The third-order valence-corrected chi connectivity index (χ3v) is 14.4. The van der Waals surface area contributed by atoms with Gasteiger partial charge in [-0.2, -0.15) is 0 Å². The third-order valence-electron chi connectivity index (χ3n) is 14.4. The molecule has 5 aliphatic carbocycles. The molecule has 13 rings (SSSR count). The van der Waals surface area contributed by atoms with Crippen LogP contribution in [-0.4, -0.2) is 0 Å². The number of nitrogens with zero attached hydrogens (tertiary/aromatic N) is 1. The standard InChI is InChI=1S/C56H45N/c1-3-11-39(12-4-1)45-23-28-55(51(35-45)42-14-5-2-6-15-42)57(48-24-21-41(22-25-48)44-20-19-40-13-7-8-16-43(40)34-44)49-26-27-54-52(36-49)50-17-9-10-18-53(50)56(54)46-30-37-29-38(32-46)33-47(56)31-37/h1-28,34-38,46-47H,29-33H2. The van der Waals surface area contributed by atoms with Gasteiger partial charge in [0.2, 0.25) is 0 Å². The maximum Gasteiger partial charge on any atom is 0.0540 e. The molecule has 5 aliphatic rings. The van der Waals surface area contributed by atoms with Crippen LogP contribution in [0.25, 0.3) is 55.3 Å². The monoisotopic (exact) mass is 731 g/mol. The quantitative estimate of drug-likeness (QED) is 0.165. The van der Waals surface area contributed by atoms with E-state index in [0.29, 0.717) is 0 Å².